The highest BCUT2D eigenvalue weighted by Gasteiger charge is 2.38. The van der Waals surface area contributed by atoms with Crippen LogP contribution in [0, 0.1) is 5.92 Å². The summed E-state index contributed by atoms with van der Waals surface area (Å²) in [4.78, 5) is 26.0. The number of nitrogens with one attached hydrogen (secondary N) is 1. The second-order valence-electron chi connectivity index (χ2n) is 5.02. The van der Waals surface area contributed by atoms with Crippen LogP contribution in [0.4, 0.5) is 0 Å². The van der Waals surface area contributed by atoms with Gasteiger partial charge in [0, 0.05) is 25.8 Å². The molecule has 1 aromatic carbocycles. The number of hydrogen-bond acceptors (Lipinski definition) is 3. The zero-order valence-electron chi connectivity index (χ0n) is 11.6. The Labute approximate surface area is 124 Å². The van der Waals surface area contributed by atoms with Gasteiger partial charge in [0.2, 0.25) is 11.8 Å². The van der Waals surface area contributed by atoms with Crippen LogP contribution in [0.15, 0.2) is 30.3 Å². The van der Waals surface area contributed by atoms with Crippen molar-refractivity contribution >= 4 is 24.4 Å². The van der Waals surface area contributed by atoms with E-state index in [1.54, 1.807) is 11.9 Å². The number of nitrogens with zero attached hydrogens (tertiary/aromatic N) is 1. The molecular formula is C15H20N2O2S. The summed E-state index contributed by atoms with van der Waals surface area (Å²) in [6.45, 7) is 0.553. The standard InChI is InChI=1S/C15H20N2O2S/c1-17-13(18)8-7-12(15(19)16-9-10-20)14(17)11-5-3-2-4-6-11/h2-6,12,14,20H,7-10H2,1H3,(H,16,19). The lowest BCUT2D eigenvalue weighted by molar-refractivity contribution is -0.141. The van der Waals surface area contributed by atoms with Crippen molar-refractivity contribution < 1.29 is 9.59 Å². The molecule has 5 heteroatoms. The fourth-order valence-electron chi connectivity index (χ4n) is 2.73. The third kappa shape index (κ3) is 3.15. The number of likely N-dealkylation sites (tertiary alicyclic amines) is 1. The van der Waals surface area contributed by atoms with Crippen LogP contribution in [0.5, 0.6) is 0 Å². The van der Waals surface area contributed by atoms with Crippen molar-refractivity contribution in [2.75, 3.05) is 19.3 Å². The Kier molecular flexibility index (Phi) is 5.06. The molecule has 0 saturated carbocycles. The summed E-state index contributed by atoms with van der Waals surface area (Å²) in [5.74, 6) is 0.521. The Morgan fingerprint density at radius 1 is 1.40 bits per heavy atom. The van der Waals surface area contributed by atoms with Crippen molar-refractivity contribution in [2.24, 2.45) is 5.92 Å². The molecule has 1 saturated heterocycles. The topological polar surface area (TPSA) is 49.4 Å². The van der Waals surface area contributed by atoms with Gasteiger partial charge in [0.1, 0.15) is 0 Å². The van der Waals surface area contributed by atoms with Crippen LogP contribution in [-0.4, -0.2) is 36.1 Å². The highest BCUT2D eigenvalue weighted by Crippen LogP contribution is 2.35. The van der Waals surface area contributed by atoms with E-state index < -0.39 is 0 Å². The Balaban J connectivity index is 2.24. The highest BCUT2D eigenvalue weighted by molar-refractivity contribution is 7.80. The minimum Gasteiger partial charge on any atom is -0.355 e. The lowest BCUT2D eigenvalue weighted by Gasteiger charge is -2.38. The van der Waals surface area contributed by atoms with E-state index in [2.05, 4.69) is 17.9 Å². The van der Waals surface area contributed by atoms with Crippen LogP contribution in [0.25, 0.3) is 0 Å². The van der Waals surface area contributed by atoms with Crippen LogP contribution in [0.2, 0.25) is 0 Å². The first-order valence-corrected chi connectivity index (χ1v) is 7.47. The van der Waals surface area contributed by atoms with Gasteiger partial charge in [-0.15, -0.1) is 0 Å². The van der Waals surface area contributed by atoms with Crippen molar-refractivity contribution in [3.63, 3.8) is 0 Å². The smallest absolute Gasteiger partial charge is 0.225 e. The number of amides is 2. The molecule has 1 aromatic rings. The van der Waals surface area contributed by atoms with Gasteiger partial charge in [0.25, 0.3) is 0 Å². The van der Waals surface area contributed by atoms with E-state index in [0.717, 1.165) is 5.56 Å². The van der Waals surface area contributed by atoms with E-state index in [1.807, 2.05) is 30.3 Å². The van der Waals surface area contributed by atoms with Gasteiger partial charge in [-0.25, -0.2) is 0 Å². The quantitative estimate of drug-likeness (QED) is 0.829. The molecule has 0 spiro atoms. The summed E-state index contributed by atoms with van der Waals surface area (Å²) in [5.41, 5.74) is 1.01. The maximum absolute atomic E-state index is 12.3. The molecule has 2 atom stereocenters. The second kappa shape index (κ2) is 6.79. The number of rotatable bonds is 4. The fourth-order valence-corrected chi connectivity index (χ4v) is 2.84. The molecule has 20 heavy (non-hydrogen) atoms. The van der Waals surface area contributed by atoms with Crippen molar-refractivity contribution in [2.45, 2.75) is 18.9 Å². The Morgan fingerprint density at radius 2 is 2.10 bits per heavy atom. The van der Waals surface area contributed by atoms with Gasteiger partial charge >= 0.3 is 0 Å². The maximum atomic E-state index is 12.3. The molecule has 2 amide bonds. The van der Waals surface area contributed by atoms with E-state index >= 15 is 0 Å². The van der Waals surface area contributed by atoms with Gasteiger partial charge in [-0.05, 0) is 12.0 Å². The van der Waals surface area contributed by atoms with E-state index in [4.69, 9.17) is 0 Å². The monoisotopic (exact) mass is 292 g/mol. The summed E-state index contributed by atoms with van der Waals surface area (Å²) in [6.07, 6.45) is 1.03. The highest BCUT2D eigenvalue weighted by atomic mass is 32.1. The predicted molar refractivity (Wildman–Crippen MR) is 81.5 cm³/mol. The normalized spacial score (nSPS) is 22.7. The number of carbonyl (C=O) groups is 2. The number of benzene rings is 1. The first kappa shape index (κ1) is 14.9. The van der Waals surface area contributed by atoms with Crippen molar-refractivity contribution in [3.8, 4) is 0 Å². The minimum absolute atomic E-state index is 0.00672. The third-order valence-electron chi connectivity index (χ3n) is 3.75. The molecule has 0 aliphatic carbocycles. The fraction of sp³-hybridized carbons (Fsp3) is 0.467. The number of piperidine rings is 1. The number of hydrogen-bond donors (Lipinski definition) is 2. The van der Waals surface area contributed by atoms with Gasteiger partial charge in [0.15, 0.2) is 0 Å². The molecular weight excluding hydrogens is 272 g/mol. The van der Waals surface area contributed by atoms with Crippen molar-refractivity contribution in [1.29, 1.82) is 0 Å². The largest absolute Gasteiger partial charge is 0.355 e. The lowest BCUT2D eigenvalue weighted by Crippen LogP contribution is -2.46. The van der Waals surface area contributed by atoms with Crippen LogP contribution in [-0.2, 0) is 9.59 Å². The van der Waals surface area contributed by atoms with Gasteiger partial charge in [-0.2, -0.15) is 12.6 Å². The molecule has 4 nitrogen and oxygen atoms in total. The zero-order chi connectivity index (χ0) is 14.5. The Bertz CT molecular complexity index is 478. The van der Waals surface area contributed by atoms with E-state index in [9.17, 15) is 9.59 Å². The van der Waals surface area contributed by atoms with Crippen molar-refractivity contribution in [3.05, 3.63) is 35.9 Å². The van der Waals surface area contributed by atoms with Crippen LogP contribution >= 0.6 is 12.6 Å². The average molecular weight is 292 g/mol. The Morgan fingerprint density at radius 3 is 2.75 bits per heavy atom. The van der Waals surface area contributed by atoms with Crippen molar-refractivity contribution in [1.82, 2.24) is 10.2 Å². The molecule has 1 heterocycles. The minimum atomic E-state index is -0.194. The van der Waals surface area contributed by atoms with Crippen LogP contribution < -0.4 is 5.32 Å². The molecule has 0 aromatic heterocycles. The summed E-state index contributed by atoms with van der Waals surface area (Å²) < 4.78 is 0. The van der Waals surface area contributed by atoms with Gasteiger partial charge in [-0.3, -0.25) is 9.59 Å². The SMILES string of the molecule is CN1C(=O)CCC(C(=O)NCCS)C1c1ccccc1. The first-order chi connectivity index (χ1) is 9.65. The van der Waals surface area contributed by atoms with Gasteiger partial charge < -0.3 is 10.2 Å². The maximum Gasteiger partial charge on any atom is 0.225 e. The van der Waals surface area contributed by atoms with E-state index in [1.165, 1.54) is 0 Å². The van der Waals surface area contributed by atoms with Crippen LogP contribution in [0.3, 0.4) is 0 Å². The summed E-state index contributed by atoms with van der Waals surface area (Å²) in [6, 6.07) is 9.56. The Hall–Kier alpha value is -1.49. The van der Waals surface area contributed by atoms with E-state index in [-0.39, 0.29) is 23.8 Å². The van der Waals surface area contributed by atoms with Crippen LogP contribution in [0.1, 0.15) is 24.4 Å². The average Bonchev–Trinajstić information content (AvgIpc) is 2.48. The molecule has 0 bridgehead atoms. The van der Waals surface area contributed by atoms with Gasteiger partial charge in [0.05, 0.1) is 12.0 Å². The predicted octanol–water partition coefficient (Wildman–Crippen LogP) is 1.64. The molecule has 108 valence electrons. The number of thiol groups is 1. The molecule has 2 unspecified atom stereocenters. The molecule has 0 radical (unpaired) electrons. The molecule has 1 aliphatic heterocycles. The molecule has 1 fully saturated rings. The van der Waals surface area contributed by atoms with Gasteiger partial charge in [-0.1, -0.05) is 30.3 Å². The zero-order valence-corrected chi connectivity index (χ0v) is 12.5. The van der Waals surface area contributed by atoms with E-state index in [0.29, 0.717) is 25.1 Å². The molecule has 2 rings (SSSR count). The first-order valence-electron chi connectivity index (χ1n) is 6.84. The molecule has 1 N–H and O–H groups in total. The second-order valence-corrected chi connectivity index (χ2v) is 5.47. The summed E-state index contributed by atoms with van der Waals surface area (Å²) in [5, 5.41) is 2.88. The summed E-state index contributed by atoms with van der Waals surface area (Å²) >= 11 is 4.10. The summed E-state index contributed by atoms with van der Waals surface area (Å²) in [7, 11) is 1.78. The molecule has 1 aliphatic rings. The third-order valence-corrected chi connectivity index (χ3v) is 3.97. The lowest BCUT2D eigenvalue weighted by atomic mass is 9.84. The number of carbonyl (C=O) groups excluding carboxylic acids is 2.